The number of ketones is 2. The van der Waals surface area contributed by atoms with E-state index >= 15 is 0 Å². The maximum atomic E-state index is 12.2. The largest absolute Gasteiger partial charge is 0.384 e. The fourth-order valence-electron chi connectivity index (χ4n) is 3.52. The van der Waals surface area contributed by atoms with Crippen molar-refractivity contribution in [3.05, 3.63) is 64.8 Å². The summed E-state index contributed by atoms with van der Waals surface area (Å²) in [6.45, 7) is 1.19. The first-order chi connectivity index (χ1) is 14.1. The van der Waals surface area contributed by atoms with Crippen LogP contribution in [0.2, 0.25) is 5.02 Å². The molecule has 0 bridgehead atoms. The molecule has 29 heavy (non-hydrogen) atoms. The summed E-state index contributed by atoms with van der Waals surface area (Å²) in [5.41, 5.74) is 3.91. The van der Waals surface area contributed by atoms with Crippen LogP contribution in [0.15, 0.2) is 48.7 Å². The van der Waals surface area contributed by atoms with Gasteiger partial charge in [-0.3, -0.25) is 9.59 Å². The number of ether oxygens (including phenoxy) is 1. The number of Topliss-reactive ketones (excluding diaryl/α,β-unsaturated/α-hetero) is 2. The molecule has 2 atom stereocenters. The second kappa shape index (κ2) is 8.37. The van der Waals surface area contributed by atoms with Crippen molar-refractivity contribution >= 4 is 39.8 Å². The Morgan fingerprint density at radius 2 is 1.76 bits per heavy atom. The SMILES string of the molecule is COCCc1ccc(CNC2C(=O)C(=O)C2Nc2c[nH]c3ccc(Cl)cc23)cc1. The summed E-state index contributed by atoms with van der Waals surface area (Å²) in [6, 6.07) is 12.5. The highest BCUT2D eigenvalue weighted by Gasteiger charge is 2.49. The zero-order valence-corrected chi connectivity index (χ0v) is 16.8. The van der Waals surface area contributed by atoms with Crippen LogP contribution in [0.4, 0.5) is 5.69 Å². The number of benzene rings is 2. The van der Waals surface area contributed by atoms with Crippen molar-refractivity contribution in [3.63, 3.8) is 0 Å². The third-order valence-corrected chi connectivity index (χ3v) is 5.47. The lowest BCUT2D eigenvalue weighted by molar-refractivity contribution is -0.145. The Kier molecular flexibility index (Phi) is 5.67. The molecule has 150 valence electrons. The molecule has 3 aromatic rings. The van der Waals surface area contributed by atoms with E-state index in [1.54, 1.807) is 19.4 Å². The Hall–Kier alpha value is -2.67. The molecule has 0 spiro atoms. The van der Waals surface area contributed by atoms with Gasteiger partial charge in [-0.15, -0.1) is 0 Å². The fourth-order valence-corrected chi connectivity index (χ4v) is 3.70. The highest BCUT2D eigenvalue weighted by molar-refractivity contribution is 6.49. The van der Waals surface area contributed by atoms with E-state index in [9.17, 15) is 9.59 Å². The van der Waals surface area contributed by atoms with Gasteiger partial charge in [-0.2, -0.15) is 0 Å². The molecule has 0 radical (unpaired) electrons. The second-order valence-corrected chi connectivity index (χ2v) is 7.60. The Labute approximate surface area is 173 Å². The van der Waals surface area contributed by atoms with Crippen LogP contribution in [-0.2, 0) is 27.3 Å². The van der Waals surface area contributed by atoms with Gasteiger partial charge in [0.15, 0.2) is 0 Å². The van der Waals surface area contributed by atoms with E-state index in [1.165, 1.54) is 5.56 Å². The molecule has 6 nitrogen and oxygen atoms in total. The van der Waals surface area contributed by atoms with Gasteiger partial charge in [-0.1, -0.05) is 35.9 Å². The van der Waals surface area contributed by atoms with Gasteiger partial charge in [0.1, 0.15) is 12.1 Å². The number of aromatic nitrogens is 1. The van der Waals surface area contributed by atoms with Crippen molar-refractivity contribution in [2.24, 2.45) is 0 Å². The molecule has 4 rings (SSSR count). The number of anilines is 1. The summed E-state index contributed by atoms with van der Waals surface area (Å²) < 4.78 is 5.09. The minimum absolute atomic E-state index is 0.392. The number of methoxy groups -OCH3 is 1. The van der Waals surface area contributed by atoms with Crippen LogP contribution in [0.25, 0.3) is 10.9 Å². The van der Waals surface area contributed by atoms with Crippen LogP contribution in [0.1, 0.15) is 11.1 Å². The summed E-state index contributed by atoms with van der Waals surface area (Å²) in [5.74, 6) is -0.800. The van der Waals surface area contributed by atoms with Crippen LogP contribution in [0.5, 0.6) is 0 Å². The summed E-state index contributed by atoms with van der Waals surface area (Å²) in [6.07, 6.45) is 2.65. The molecule has 2 aromatic carbocycles. The number of hydrogen-bond donors (Lipinski definition) is 3. The van der Waals surface area contributed by atoms with Crippen LogP contribution in [0.3, 0.4) is 0 Å². The van der Waals surface area contributed by atoms with Gasteiger partial charge in [0, 0.05) is 35.8 Å². The number of hydrogen-bond acceptors (Lipinski definition) is 5. The van der Waals surface area contributed by atoms with Crippen molar-refractivity contribution in [1.82, 2.24) is 10.3 Å². The van der Waals surface area contributed by atoms with Crippen molar-refractivity contribution in [2.75, 3.05) is 19.0 Å². The monoisotopic (exact) mass is 411 g/mol. The van der Waals surface area contributed by atoms with Crippen LogP contribution >= 0.6 is 11.6 Å². The maximum absolute atomic E-state index is 12.2. The van der Waals surface area contributed by atoms with E-state index in [0.717, 1.165) is 28.6 Å². The van der Waals surface area contributed by atoms with Gasteiger partial charge in [0.05, 0.1) is 12.3 Å². The number of aromatic amines is 1. The first kappa shape index (κ1) is 19.6. The molecular formula is C22H22ClN3O3. The smallest absolute Gasteiger partial charge is 0.224 e. The Balaban J connectivity index is 1.41. The Morgan fingerprint density at radius 1 is 1.03 bits per heavy atom. The molecule has 1 fully saturated rings. The van der Waals surface area contributed by atoms with Gasteiger partial charge in [0.25, 0.3) is 0 Å². The van der Waals surface area contributed by atoms with E-state index < -0.39 is 23.7 Å². The first-order valence-corrected chi connectivity index (χ1v) is 9.86. The zero-order valence-electron chi connectivity index (χ0n) is 16.0. The number of halogens is 1. The quantitative estimate of drug-likeness (QED) is 0.496. The maximum Gasteiger partial charge on any atom is 0.224 e. The number of carbonyl (C=O) groups is 2. The molecule has 1 aliphatic rings. The predicted octanol–water partition coefficient (Wildman–Crippen LogP) is 3.10. The topological polar surface area (TPSA) is 83.2 Å². The van der Waals surface area contributed by atoms with Gasteiger partial charge in [-0.05, 0) is 35.7 Å². The number of carbonyl (C=O) groups excluding carboxylic acids is 2. The number of fused-ring (bicyclic) bond motifs is 1. The molecule has 0 saturated heterocycles. The van der Waals surface area contributed by atoms with E-state index in [-0.39, 0.29) is 0 Å². The zero-order chi connectivity index (χ0) is 20.4. The van der Waals surface area contributed by atoms with Crippen molar-refractivity contribution in [3.8, 4) is 0 Å². The predicted molar refractivity (Wildman–Crippen MR) is 113 cm³/mol. The summed E-state index contributed by atoms with van der Waals surface area (Å²) in [4.78, 5) is 27.4. The third-order valence-electron chi connectivity index (χ3n) is 5.24. The molecule has 0 amide bonds. The molecule has 1 aliphatic carbocycles. The minimum atomic E-state index is -0.596. The third kappa shape index (κ3) is 4.05. The Bertz CT molecular complexity index is 1050. The van der Waals surface area contributed by atoms with E-state index in [1.807, 2.05) is 24.3 Å². The first-order valence-electron chi connectivity index (χ1n) is 9.48. The van der Waals surface area contributed by atoms with Crippen LogP contribution in [0, 0.1) is 0 Å². The van der Waals surface area contributed by atoms with Crippen molar-refractivity contribution in [1.29, 1.82) is 0 Å². The van der Waals surface area contributed by atoms with Crippen LogP contribution < -0.4 is 10.6 Å². The lowest BCUT2D eigenvalue weighted by Crippen LogP contribution is -2.66. The van der Waals surface area contributed by atoms with Crippen molar-refractivity contribution in [2.45, 2.75) is 25.0 Å². The summed E-state index contributed by atoms with van der Waals surface area (Å²) in [7, 11) is 1.69. The average Bonchev–Trinajstić information content (AvgIpc) is 3.14. The second-order valence-electron chi connectivity index (χ2n) is 7.16. The summed E-state index contributed by atoms with van der Waals surface area (Å²) in [5, 5.41) is 7.89. The van der Waals surface area contributed by atoms with Gasteiger partial charge in [-0.25, -0.2) is 0 Å². The number of H-pyrrole nitrogens is 1. The van der Waals surface area contributed by atoms with Gasteiger partial charge in [0.2, 0.25) is 11.6 Å². The molecule has 7 heteroatoms. The van der Waals surface area contributed by atoms with Crippen LogP contribution in [-0.4, -0.2) is 42.4 Å². The highest BCUT2D eigenvalue weighted by atomic mass is 35.5. The lowest BCUT2D eigenvalue weighted by Gasteiger charge is -2.34. The molecule has 3 N–H and O–H groups in total. The highest BCUT2D eigenvalue weighted by Crippen LogP contribution is 2.28. The summed E-state index contributed by atoms with van der Waals surface area (Å²) >= 11 is 6.09. The van der Waals surface area contributed by atoms with Gasteiger partial charge >= 0.3 is 0 Å². The Morgan fingerprint density at radius 3 is 2.52 bits per heavy atom. The standard InChI is InChI=1S/C22H22ClN3O3/c1-29-9-8-13-2-4-14(5-3-13)11-25-19-20(22(28)21(19)27)26-18-12-24-17-7-6-15(23)10-16(17)18/h2-7,10,12,19-20,24-26H,8-9,11H2,1H3. The minimum Gasteiger partial charge on any atom is -0.384 e. The molecule has 1 heterocycles. The molecule has 0 aliphatic heterocycles. The van der Waals surface area contributed by atoms with E-state index in [4.69, 9.17) is 16.3 Å². The molecular weight excluding hydrogens is 390 g/mol. The van der Waals surface area contributed by atoms with E-state index in [0.29, 0.717) is 18.2 Å². The normalized spacial score (nSPS) is 18.8. The lowest BCUT2D eigenvalue weighted by atomic mass is 9.82. The molecule has 2 unspecified atom stereocenters. The number of nitrogens with one attached hydrogen (secondary N) is 3. The average molecular weight is 412 g/mol. The van der Waals surface area contributed by atoms with Crippen molar-refractivity contribution < 1.29 is 14.3 Å². The fraction of sp³-hybridized carbons (Fsp3) is 0.273. The molecule has 1 saturated carbocycles. The van der Waals surface area contributed by atoms with Gasteiger partial charge < -0.3 is 20.4 Å². The number of rotatable bonds is 8. The molecule has 1 aromatic heterocycles. The van der Waals surface area contributed by atoms with E-state index in [2.05, 4.69) is 27.8 Å².